The Morgan fingerprint density at radius 1 is 1.11 bits per heavy atom. The minimum atomic E-state index is -0.0914. The first-order valence-electron chi connectivity index (χ1n) is 5.52. The van der Waals surface area contributed by atoms with Crippen LogP contribution in [0.25, 0.3) is 6.08 Å². The fraction of sp³-hybridized carbons (Fsp3) is 0.308. The highest BCUT2D eigenvalue weighted by Gasteiger charge is 2.08. The number of nitrogens with zero attached hydrogens (tertiary/aromatic N) is 1. The first-order chi connectivity index (χ1) is 8.67. The number of alkyl halides is 2. The van der Waals surface area contributed by atoms with Gasteiger partial charge >= 0.3 is 0 Å². The zero-order valence-electron chi connectivity index (χ0n) is 9.78. The molecule has 1 rings (SSSR count). The maximum atomic E-state index is 11.9. The van der Waals surface area contributed by atoms with Gasteiger partial charge in [-0.2, -0.15) is 0 Å². The molecule has 0 aliphatic rings. The zero-order valence-corrected chi connectivity index (χ0v) is 12.0. The predicted octanol–water partition coefficient (Wildman–Crippen LogP) is 3.66. The Kier molecular flexibility index (Phi) is 7.18. The molecule has 1 amide bonds. The fourth-order valence-corrected chi connectivity index (χ4v) is 1.92. The zero-order chi connectivity index (χ0) is 13.4. The smallest absolute Gasteiger partial charge is 0.246 e. The van der Waals surface area contributed by atoms with Gasteiger partial charge in [0.1, 0.15) is 0 Å². The summed E-state index contributed by atoms with van der Waals surface area (Å²) in [7, 11) is 0. The van der Waals surface area contributed by atoms with Gasteiger partial charge in [-0.1, -0.05) is 23.7 Å². The molecule has 0 saturated carbocycles. The summed E-state index contributed by atoms with van der Waals surface area (Å²) in [4.78, 5) is 13.5. The summed E-state index contributed by atoms with van der Waals surface area (Å²) >= 11 is 17.0. The van der Waals surface area contributed by atoms with Crippen LogP contribution in [0.2, 0.25) is 5.02 Å². The summed E-state index contributed by atoms with van der Waals surface area (Å²) in [6, 6.07) is 7.25. The molecule has 0 N–H and O–H groups in total. The molecule has 5 heteroatoms. The van der Waals surface area contributed by atoms with Crippen molar-refractivity contribution in [3.8, 4) is 0 Å². The second-order valence-electron chi connectivity index (χ2n) is 3.59. The number of hydrogen-bond acceptors (Lipinski definition) is 1. The Morgan fingerprint density at radius 3 is 2.17 bits per heavy atom. The number of hydrogen-bond donors (Lipinski definition) is 0. The molecule has 2 nitrogen and oxygen atoms in total. The Labute approximate surface area is 122 Å². The third-order valence-electron chi connectivity index (χ3n) is 2.31. The molecule has 0 aromatic heterocycles. The molecule has 0 aliphatic heterocycles. The van der Waals surface area contributed by atoms with E-state index < -0.39 is 0 Å². The maximum Gasteiger partial charge on any atom is 0.246 e. The molecule has 0 radical (unpaired) electrons. The van der Waals surface area contributed by atoms with Crippen molar-refractivity contribution in [2.75, 3.05) is 24.8 Å². The van der Waals surface area contributed by atoms with Crippen molar-refractivity contribution in [1.29, 1.82) is 0 Å². The van der Waals surface area contributed by atoms with E-state index >= 15 is 0 Å². The van der Waals surface area contributed by atoms with E-state index in [1.807, 2.05) is 12.1 Å². The summed E-state index contributed by atoms with van der Waals surface area (Å²) in [6.07, 6.45) is 3.26. The molecular formula is C13H14Cl3NO. The largest absolute Gasteiger partial charge is 0.337 e. The second kappa shape index (κ2) is 8.41. The molecule has 0 fully saturated rings. The molecule has 1 aromatic rings. The molecule has 0 unspecified atom stereocenters. The lowest BCUT2D eigenvalue weighted by Crippen LogP contribution is -2.33. The molecule has 18 heavy (non-hydrogen) atoms. The summed E-state index contributed by atoms with van der Waals surface area (Å²) in [5.41, 5.74) is 0.921. The van der Waals surface area contributed by atoms with Crippen LogP contribution in [0, 0.1) is 0 Å². The molecule has 0 saturated heterocycles. The third-order valence-corrected chi connectivity index (χ3v) is 2.90. The van der Waals surface area contributed by atoms with Crippen molar-refractivity contribution >= 4 is 46.8 Å². The van der Waals surface area contributed by atoms with Crippen molar-refractivity contribution < 1.29 is 4.79 Å². The summed E-state index contributed by atoms with van der Waals surface area (Å²) in [5.74, 6) is 0.709. The predicted molar refractivity (Wildman–Crippen MR) is 78.5 cm³/mol. The van der Waals surface area contributed by atoms with E-state index in [-0.39, 0.29) is 5.91 Å². The minimum Gasteiger partial charge on any atom is -0.337 e. The molecule has 0 bridgehead atoms. The van der Waals surface area contributed by atoms with E-state index in [1.165, 1.54) is 6.08 Å². The summed E-state index contributed by atoms with van der Waals surface area (Å²) < 4.78 is 0. The van der Waals surface area contributed by atoms with E-state index in [4.69, 9.17) is 34.8 Å². The average Bonchev–Trinajstić information content (AvgIpc) is 2.37. The second-order valence-corrected chi connectivity index (χ2v) is 4.78. The molecular weight excluding hydrogens is 293 g/mol. The van der Waals surface area contributed by atoms with E-state index in [2.05, 4.69) is 0 Å². The highest BCUT2D eigenvalue weighted by molar-refractivity contribution is 6.30. The summed E-state index contributed by atoms with van der Waals surface area (Å²) in [6.45, 7) is 0.996. The number of carbonyl (C=O) groups is 1. The normalized spacial score (nSPS) is 10.8. The molecule has 98 valence electrons. The average molecular weight is 307 g/mol. The lowest BCUT2D eigenvalue weighted by atomic mass is 10.2. The van der Waals surface area contributed by atoms with Gasteiger partial charge in [0, 0.05) is 35.9 Å². The van der Waals surface area contributed by atoms with E-state index in [9.17, 15) is 4.79 Å². The third kappa shape index (κ3) is 5.30. The van der Waals surface area contributed by atoms with Crippen LogP contribution in [0.5, 0.6) is 0 Å². The van der Waals surface area contributed by atoms with Gasteiger partial charge in [0.05, 0.1) is 0 Å². The highest BCUT2D eigenvalue weighted by Crippen LogP contribution is 2.10. The number of rotatable bonds is 6. The van der Waals surface area contributed by atoms with Crippen LogP contribution >= 0.6 is 34.8 Å². The minimum absolute atomic E-state index is 0.0914. The molecule has 0 aliphatic carbocycles. The fourth-order valence-electron chi connectivity index (χ4n) is 1.38. The molecule has 0 heterocycles. The van der Waals surface area contributed by atoms with Crippen LogP contribution in [-0.2, 0) is 4.79 Å². The van der Waals surface area contributed by atoms with Crippen molar-refractivity contribution in [3.05, 3.63) is 40.9 Å². The number of carbonyl (C=O) groups excluding carboxylic acids is 1. The maximum absolute atomic E-state index is 11.9. The number of amides is 1. The van der Waals surface area contributed by atoms with Crippen molar-refractivity contribution in [3.63, 3.8) is 0 Å². The Hall–Kier alpha value is -0.700. The quantitative estimate of drug-likeness (QED) is 0.580. The van der Waals surface area contributed by atoms with Crippen molar-refractivity contribution in [1.82, 2.24) is 4.90 Å². The monoisotopic (exact) mass is 305 g/mol. The van der Waals surface area contributed by atoms with Gasteiger partial charge in [-0.05, 0) is 23.8 Å². The van der Waals surface area contributed by atoms with E-state index in [0.717, 1.165) is 5.56 Å². The SMILES string of the molecule is O=C(/C=C/c1ccc(Cl)cc1)N(CCCl)CCCl. The van der Waals surface area contributed by atoms with E-state index in [0.29, 0.717) is 29.9 Å². The van der Waals surface area contributed by atoms with Crippen LogP contribution in [0.3, 0.4) is 0 Å². The summed E-state index contributed by atoms with van der Waals surface area (Å²) in [5, 5.41) is 0.671. The topological polar surface area (TPSA) is 20.3 Å². The van der Waals surface area contributed by atoms with Crippen LogP contribution in [0.4, 0.5) is 0 Å². The van der Waals surface area contributed by atoms with Gasteiger partial charge in [-0.3, -0.25) is 4.79 Å². The molecule has 0 atom stereocenters. The number of benzene rings is 1. The first kappa shape index (κ1) is 15.4. The van der Waals surface area contributed by atoms with Crippen molar-refractivity contribution in [2.45, 2.75) is 0 Å². The van der Waals surface area contributed by atoms with Crippen molar-refractivity contribution in [2.24, 2.45) is 0 Å². The Morgan fingerprint density at radius 2 is 1.67 bits per heavy atom. The highest BCUT2D eigenvalue weighted by atomic mass is 35.5. The lowest BCUT2D eigenvalue weighted by Gasteiger charge is -2.18. The van der Waals surface area contributed by atoms with Gasteiger partial charge in [-0.25, -0.2) is 0 Å². The van der Waals surface area contributed by atoms with Gasteiger partial charge < -0.3 is 4.90 Å². The Balaban J connectivity index is 2.63. The van der Waals surface area contributed by atoms with Gasteiger partial charge in [0.15, 0.2) is 0 Å². The van der Waals surface area contributed by atoms with Crippen LogP contribution in [0.1, 0.15) is 5.56 Å². The van der Waals surface area contributed by atoms with Gasteiger partial charge in [-0.15, -0.1) is 23.2 Å². The van der Waals surface area contributed by atoms with E-state index in [1.54, 1.807) is 23.1 Å². The number of halogens is 3. The molecule has 1 aromatic carbocycles. The lowest BCUT2D eigenvalue weighted by molar-refractivity contribution is -0.125. The Bertz CT molecular complexity index is 397. The molecule has 0 spiro atoms. The first-order valence-corrected chi connectivity index (χ1v) is 6.96. The van der Waals surface area contributed by atoms with Crippen LogP contribution < -0.4 is 0 Å². The van der Waals surface area contributed by atoms with Crippen LogP contribution in [-0.4, -0.2) is 35.7 Å². The van der Waals surface area contributed by atoms with Crippen LogP contribution in [0.15, 0.2) is 30.3 Å². The van der Waals surface area contributed by atoms with Gasteiger partial charge in [0.25, 0.3) is 0 Å². The standard InChI is InChI=1S/C13H14Cl3NO/c14-7-9-17(10-8-15)13(18)6-3-11-1-4-12(16)5-2-11/h1-6H,7-10H2/b6-3+. The van der Waals surface area contributed by atoms with Gasteiger partial charge in [0.2, 0.25) is 5.91 Å².